The minimum atomic E-state index is 0.389. The summed E-state index contributed by atoms with van der Waals surface area (Å²) in [7, 11) is 1.62. The van der Waals surface area contributed by atoms with Gasteiger partial charge in [-0.25, -0.2) is 4.68 Å². The number of aldehydes is 1. The van der Waals surface area contributed by atoms with Crippen LogP contribution in [0.5, 0.6) is 0 Å². The Morgan fingerprint density at radius 2 is 2.19 bits per heavy atom. The fourth-order valence-corrected chi connectivity index (χ4v) is 2.31. The Bertz CT molecular complexity index is 356. The van der Waals surface area contributed by atoms with Gasteiger partial charge in [0.25, 0.3) is 0 Å². The molecule has 1 saturated carbocycles. The van der Waals surface area contributed by atoms with Crippen LogP contribution in [-0.4, -0.2) is 28.4 Å². The highest BCUT2D eigenvalue weighted by Gasteiger charge is 2.21. The van der Waals surface area contributed by atoms with Gasteiger partial charge in [0.15, 0.2) is 12.0 Å². The Morgan fingerprint density at radius 1 is 1.44 bits per heavy atom. The van der Waals surface area contributed by atoms with Crippen molar-refractivity contribution in [1.29, 1.82) is 0 Å². The maximum absolute atomic E-state index is 10.8. The molecule has 0 aliphatic heterocycles. The molecule has 0 aromatic carbocycles. The molecule has 16 heavy (non-hydrogen) atoms. The van der Waals surface area contributed by atoms with Crippen LogP contribution in [-0.2, 0) is 11.3 Å². The molecule has 1 aliphatic rings. The number of aromatic nitrogens is 3. The minimum absolute atomic E-state index is 0.389. The van der Waals surface area contributed by atoms with Gasteiger partial charge in [0.05, 0.1) is 18.3 Å². The standard InChI is InChI=1S/C11H17N3O2/c1-16-8-11-10(7-15)12-13-14(11)9-5-3-2-4-6-9/h7,9H,2-6,8H2,1H3. The van der Waals surface area contributed by atoms with Gasteiger partial charge >= 0.3 is 0 Å². The molecule has 0 N–H and O–H groups in total. The molecule has 0 unspecified atom stereocenters. The number of hydrogen-bond acceptors (Lipinski definition) is 4. The van der Waals surface area contributed by atoms with Crippen LogP contribution < -0.4 is 0 Å². The molecule has 0 amide bonds. The van der Waals surface area contributed by atoms with Crippen LogP contribution in [0.15, 0.2) is 0 Å². The van der Waals surface area contributed by atoms with E-state index in [1.807, 2.05) is 4.68 Å². The van der Waals surface area contributed by atoms with Crippen LogP contribution in [0.2, 0.25) is 0 Å². The van der Waals surface area contributed by atoms with Crippen molar-refractivity contribution < 1.29 is 9.53 Å². The van der Waals surface area contributed by atoms with Gasteiger partial charge in [0, 0.05) is 7.11 Å². The molecule has 0 bridgehead atoms. The van der Waals surface area contributed by atoms with Crippen LogP contribution in [0, 0.1) is 0 Å². The highest BCUT2D eigenvalue weighted by molar-refractivity contribution is 5.73. The number of methoxy groups -OCH3 is 1. The van der Waals surface area contributed by atoms with E-state index in [9.17, 15) is 4.79 Å². The maximum atomic E-state index is 10.8. The smallest absolute Gasteiger partial charge is 0.172 e. The number of carbonyl (C=O) groups is 1. The molecule has 1 aromatic heterocycles. The van der Waals surface area contributed by atoms with E-state index in [1.165, 1.54) is 19.3 Å². The summed E-state index contributed by atoms with van der Waals surface area (Å²) in [4.78, 5) is 10.8. The average Bonchev–Trinajstić information content (AvgIpc) is 2.74. The number of rotatable bonds is 4. The molecular formula is C11H17N3O2. The van der Waals surface area contributed by atoms with E-state index < -0.39 is 0 Å². The molecule has 0 spiro atoms. The molecule has 1 fully saturated rings. The molecular weight excluding hydrogens is 206 g/mol. The summed E-state index contributed by atoms with van der Waals surface area (Å²) in [5.41, 5.74) is 1.22. The molecule has 1 aromatic rings. The topological polar surface area (TPSA) is 57.0 Å². The third kappa shape index (κ3) is 2.14. The van der Waals surface area contributed by atoms with Crippen LogP contribution in [0.4, 0.5) is 0 Å². The minimum Gasteiger partial charge on any atom is -0.378 e. The Kier molecular flexibility index (Phi) is 3.66. The Morgan fingerprint density at radius 3 is 2.81 bits per heavy atom. The summed E-state index contributed by atoms with van der Waals surface area (Å²) in [6, 6.07) is 0.389. The highest BCUT2D eigenvalue weighted by Crippen LogP contribution is 2.28. The van der Waals surface area contributed by atoms with Gasteiger partial charge in [0.1, 0.15) is 0 Å². The SMILES string of the molecule is COCc1c(C=O)nnn1C1CCCCC1. The van der Waals surface area contributed by atoms with Crippen molar-refractivity contribution in [3.05, 3.63) is 11.4 Å². The zero-order chi connectivity index (χ0) is 11.4. The first-order valence-corrected chi connectivity index (χ1v) is 5.75. The number of ether oxygens (including phenoxy) is 1. The van der Waals surface area contributed by atoms with Crippen LogP contribution >= 0.6 is 0 Å². The molecule has 5 nitrogen and oxygen atoms in total. The summed E-state index contributed by atoms with van der Waals surface area (Å²) in [6.45, 7) is 0.400. The molecule has 0 radical (unpaired) electrons. The maximum Gasteiger partial charge on any atom is 0.172 e. The second-order valence-electron chi connectivity index (χ2n) is 4.21. The third-order valence-electron chi connectivity index (χ3n) is 3.13. The van der Waals surface area contributed by atoms with Crippen LogP contribution in [0.1, 0.15) is 54.3 Å². The molecule has 0 atom stereocenters. The predicted octanol–water partition coefficient (Wildman–Crippen LogP) is 1.74. The lowest BCUT2D eigenvalue weighted by atomic mass is 9.95. The fraction of sp³-hybridized carbons (Fsp3) is 0.727. The molecule has 5 heteroatoms. The second-order valence-corrected chi connectivity index (χ2v) is 4.21. The lowest BCUT2D eigenvalue weighted by molar-refractivity contribution is 0.111. The van der Waals surface area contributed by atoms with Crippen molar-refractivity contribution in [2.24, 2.45) is 0 Å². The van der Waals surface area contributed by atoms with E-state index in [4.69, 9.17) is 4.74 Å². The lowest BCUT2D eigenvalue weighted by Gasteiger charge is -2.23. The zero-order valence-electron chi connectivity index (χ0n) is 9.56. The monoisotopic (exact) mass is 223 g/mol. The van der Waals surface area contributed by atoms with E-state index in [1.54, 1.807) is 7.11 Å². The summed E-state index contributed by atoms with van der Waals surface area (Å²) >= 11 is 0. The van der Waals surface area contributed by atoms with E-state index >= 15 is 0 Å². The fourth-order valence-electron chi connectivity index (χ4n) is 2.31. The molecule has 0 saturated heterocycles. The molecule has 1 aliphatic carbocycles. The first kappa shape index (κ1) is 11.3. The van der Waals surface area contributed by atoms with Gasteiger partial charge in [-0.1, -0.05) is 24.5 Å². The predicted molar refractivity (Wildman–Crippen MR) is 58.2 cm³/mol. The largest absolute Gasteiger partial charge is 0.378 e. The van der Waals surface area contributed by atoms with Crippen molar-refractivity contribution >= 4 is 6.29 Å². The third-order valence-corrected chi connectivity index (χ3v) is 3.13. The Labute approximate surface area is 94.8 Å². The van der Waals surface area contributed by atoms with E-state index in [0.29, 0.717) is 18.3 Å². The zero-order valence-corrected chi connectivity index (χ0v) is 9.56. The normalized spacial score (nSPS) is 17.6. The van der Waals surface area contributed by atoms with E-state index in [0.717, 1.165) is 24.8 Å². The van der Waals surface area contributed by atoms with Gasteiger partial charge in [-0.05, 0) is 12.8 Å². The van der Waals surface area contributed by atoms with Gasteiger partial charge in [0.2, 0.25) is 0 Å². The summed E-state index contributed by atoms with van der Waals surface area (Å²) in [6.07, 6.45) is 6.75. The molecule has 88 valence electrons. The highest BCUT2D eigenvalue weighted by atomic mass is 16.5. The van der Waals surface area contributed by atoms with Crippen molar-refractivity contribution in [2.45, 2.75) is 44.8 Å². The molecule has 2 rings (SSSR count). The summed E-state index contributed by atoms with van der Waals surface area (Å²) in [5.74, 6) is 0. The van der Waals surface area contributed by atoms with Crippen molar-refractivity contribution in [3.8, 4) is 0 Å². The van der Waals surface area contributed by atoms with E-state index in [2.05, 4.69) is 10.3 Å². The second kappa shape index (κ2) is 5.21. The Balaban J connectivity index is 2.24. The van der Waals surface area contributed by atoms with Crippen molar-refractivity contribution in [3.63, 3.8) is 0 Å². The number of carbonyl (C=O) groups excluding carboxylic acids is 1. The van der Waals surface area contributed by atoms with Crippen molar-refractivity contribution in [1.82, 2.24) is 15.0 Å². The number of hydrogen-bond donors (Lipinski definition) is 0. The Hall–Kier alpha value is -1.23. The van der Waals surface area contributed by atoms with Crippen LogP contribution in [0.3, 0.4) is 0 Å². The van der Waals surface area contributed by atoms with E-state index in [-0.39, 0.29) is 0 Å². The van der Waals surface area contributed by atoms with Crippen LogP contribution in [0.25, 0.3) is 0 Å². The first-order valence-electron chi connectivity index (χ1n) is 5.75. The van der Waals surface area contributed by atoms with Crippen molar-refractivity contribution in [2.75, 3.05) is 7.11 Å². The van der Waals surface area contributed by atoms with Gasteiger partial charge in [-0.3, -0.25) is 4.79 Å². The summed E-state index contributed by atoms with van der Waals surface area (Å²) < 4.78 is 6.98. The van der Waals surface area contributed by atoms with Gasteiger partial charge in [-0.15, -0.1) is 5.10 Å². The van der Waals surface area contributed by atoms with Gasteiger partial charge in [-0.2, -0.15) is 0 Å². The summed E-state index contributed by atoms with van der Waals surface area (Å²) in [5, 5.41) is 7.98. The first-order chi connectivity index (χ1) is 7.86. The van der Waals surface area contributed by atoms with Gasteiger partial charge < -0.3 is 4.74 Å². The average molecular weight is 223 g/mol. The number of nitrogens with zero attached hydrogens (tertiary/aromatic N) is 3. The quantitative estimate of drug-likeness (QED) is 0.729. The molecule has 1 heterocycles. The lowest BCUT2D eigenvalue weighted by Crippen LogP contribution is -2.17.